The predicted octanol–water partition coefficient (Wildman–Crippen LogP) is 1.26. The number of aromatic nitrogens is 1. The molecule has 0 aliphatic heterocycles. The number of hydrogen-bond donors (Lipinski definition) is 2. The van der Waals surface area contributed by atoms with E-state index >= 15 is 0 Å². The van der Waals surface area contributed by atoms with Crippen LogP contribution in [0.4, 0.5) is 0 Å². The zero-order valence-electron chi connectivity index (χ0n) is 7.51. The number of thioether (sulfide) groups is 1. The molecular formula is C8H14N2OS2. The first-order chi connectivity index (χ1) is 6.25. The van der Waals surface area contributed by atoms with Gasteiger partial charge in [-0.3, -0.25) is 0 Å². The molecule has 1 aromatic rings. The summed E-state index contributed by atoms with van der Waals surface area (Å²) in [6.45, 7) is 0. The largest absolute Gasteiger partial charge is 0.384 e. The quantitative estimate of drug-likeness (QED) is 0.781. The molecule has 0 fully saturated rings. The number of rotatable bonds is 5. The van der Waals surface area contributed by atoms with Crippen molar-refractivity contribution in [2.24, 2.45) is 5.73 Å². The minimum absolute atomic E-state index is 0.196. The van der Waals surface area contributed by atoms with Crippen molar-refractivity contribution in [3.8, 4) is 0 Å². The van der Waals surface area contributed by atoms with Crippen molar-refractivity contribution in [3.63, 3.8) is 0 Å². The van der Waals surface area contributed by atoms with Crippen LogP contribution in [0.3, 0.4) is 0 Å². The van der Waals surface area contributed by atoms with Gasteiger partial charge in [0.15, 0.2) is 0 Å². The lowest BCUT2D eigenvalue weighted by Crippen LogP contribution is -2.28. The summed E-state index contributed by atoms with van der Waals surface area (Å²) in [5.41, 5.74) is 5.80. The first kappa shape index (κ1) is 11.0. The van der Waals surface area contributed by atoms with Crippen LogP contribution in [0.5, 0.6) is 0 Å². The Kier molecular flexibility index (Phi) is 4.72. The van der Waals surface area contributed by atoms with Crippen molar-refractivity contribution in [3.05, 3.63) is 16.6 Å². The first-order valence-corrected chi connectivity index (χ1v) is 6.35. The Morgan fingerprint density at radius 3 is 3.08 bits per heavy atom. The second-order valence-electron chi connectivity index (χ2n) is 2.76. The Bertz CT molecular complexity index is 228. The lowest BCUT2D eigenvalue weighted by molar-refractivity contribution is 0.144. The highest BCUT2D eigenvalue weighted by atomic mass is 32.2. The molecule has 0 aromatic carbocycles. The molecule has 0 bridgehead atoms. The molecule has 2 unspecified atom stereocenters. The Morgan fingerprint density at radius 2 is 2.54 bits per heavy atom. The van der Waals surface area contributed by atoms with Crippen molar-refractivity contribution in [2.45, 2.75) is 18.6 Å². The fraction of sp³-hybridized carbons (Fsp3) is 0.625. The molecule has 0 radical (unpaired) electrons. The van der Waals surface area contributed by atoms with Gasteiger partial charge in [-0.2, -0.15) is 11.8 Å². The number of nitrogens with two attached hydrogens (primary N) is 1. The van der Waals surface area contributed by atoms with Gasteiger partial charge in [-0.15, -0.1) is 11.3 Å². The van der Waals surface area contributed by atoms with Gasteiger partial charge in [-0.1, -0.05) is 0 Å². The minimum Gasteiger partial charge on any atom is -0.384 e. The van der Waals surface area contributed by atoms with E-state index in [-0.39, 0.29) is 6.04 Å². The van der Waals surface area contributed by atoms with Crippen LogP contribution in [-0.2, 0) is 0 Å². The second kappa shape index (κ2) is 5.59. The van der Waals surface area contributed by atoms with Crippen molar-refractivity contribution in [1.82, 2.24) is 4.98 Å². The average Bonchev–Trinajstić information content (AvgIpc) is 2.65. The molecule has 0 aliphatic rings. The molecule has 0 saturated carbocycles. The highest BCUT2D eigenvalue weighted by Gasteiger charge is 2.18. The summed E-state index contributed by atoms with van der Waals surface area (Å²) in [7, 11) is 0. The second-order valence-corrected chi connectivity index (χ2v) is 4.67. The van der Waals surface area contributed by atoms with E-state index in [1.54, 1.807) is 18.0 Å². The highest BCUT2D eigenvalue weighted by molar-refractivity contribution is 7.98. The van der Waals surface area contributed by atoms with Crippen LogP contribution in [-0.4, -0.2) is 28.1 Å². The summed E-state index contributed by atoms with van der Waals surface area (Å²) < 4.78 is 0. The molecule has 1 rings (SSSR count). The SMILES string of the molecule is CSCCC(N)C(O)c1nccs1. The van der Waals surface area contributed by atoms with Crippen LogP contribution in [0, 0.1) is 0 Å². The van der Waals surface area contributed by atoms with Crippen molar-refractivity contribution >= 4 is 23.1 Å². The molecular weight excluding hydrogens is 204 g/mol. The summed E-state index contributed by atoms with van der Waals surface area (Å²) in [6.07, 6.45) is 3.93. The maximum absolute atomic E-state index is 9.72. The van der Waals surface area contributed by atoms with Gasteiger partial charge in [0.1, 0.15) is 11.1 Å². The Balaban J connectivity index is 2.43. The molecule has 13 heavy (non-hydrogen) atoms. The van der Waals surface area contributed by atoms with Gasteiger partial charge in [0.05, 0.1) is 0 Å². The Hall–Kier alpha value is -0.100. The van der Waals surface area contributed by atoms with Gasteiger partial charge in [0.2, 0.25) is 0 Å². The van der Waals surface area contributed by atoms with Crippen LogP contribution >= 0.6 is 23.1 Å². The molecule has 5 heteroatoms. The monoisotopic (exact) mass is 218 g/mol. The molecule has 74 valence electrons. The van der Waals surface area contributed by atoms with Gasteiger partial charge in [-0.25, -0.2) is 4.98 Å². The Labute approximate surface area is 86.4 Å². The van der Waals surface area contributed by atoms with Crippen molar-refractivity contribution < 1.29 is 5.11 Å². The highest BCUT2D eigenvalue weighted by Crippen LogP contribution is 2.20. The fourth-order valence-electron chi connectivity index (χ4n) is 0.975. The normalized spacial score (nSPS) is 15.6. The summed E-state index contributed by atoms with van der Waals surface area (Å²) in [5, 5.41) is 12.3. The van der Waals surface area contributed by atoms with Crippen LogP contribution in [0.15, 0.2) is 11.6 Å². The molecule has 0 aliphatic carbocycles. The molecule has 1 heterocycles. The molecule has 0 amide bonds. The van der Waals surface area contributed by atoms with Crippen molar-refractivity contribution in [1.29, 1.82) is 0 Å². The molecule has 1 aromatic heterocycles. The lowest BCUT2D eigenvalue weighted by atomic mass is 10.1. The number of nitrogens with zero attached hydrogens (tertiary/aromatic N) is 1. The summed E-state index contributed by atoms with van der Waals surface area (Å²) in [5.74, 6) is 0.976. The lowest BCUT2D eigenvalue weighted by Gasteiger charge is -2.15. The summed E-state index contributed by atoms with van der Waals surface area (Å²) in [6, 6.07) is -0.196. The van der Waals surface area contributed by atoms with E-state index in [4.69, 9.17) is 5.73 Å². The van der Waals surface area contributed by atoms with Gasteiger partial charge in [-0.05, 0) is 18.4 Å². The van der Waals surface area contributed by atoms with Gasteiger partial charge < -0.3 is 10.8 Å². The van der Waals surface area contributed by atoms with Crippen LogP contribution in [0.2, 0.25) is 0 Å². The number of aliphatic hydroxyl groups excluding tert-OH is 1. The van der Waals surface area contributed by atoms with Crippen LogP contribution < -0.4 is 5.73 Å². The molecule has 0 saturated heterocycles. The fourth-order valence-corrected chi connectivity index (χ4v) is 2.18. The molecule has 3 N–H and O–H groups in total. The van der Waals surface area contributed by atoms with E-state index in [1.807, 2.05) is 11.6 Å². The average molecular weight is 218 g/mol. The van der Waals surface area contributed by atoms with E-state index in [1.165, 1.54) is 11.3 Å². The number of thiazole rings is 1. The summed E-state index contributed by atoms with van der Waals surface area (Å²) >= 11 is 3.18. The van der Waals surface area contributed by atoms with Gasteiger partial charge >= 0.3 is 0 Å². The van der Waals surface area contributed by atoms with Crippen LogP contribution in [0.25, 0.3) is 0 Å². The smallest absolute Gasteiger partial charge is 0.123 e. The standard InChI is InChI=1S/C8H14N2OS2/c1-12-4-2-6(9)7(11)8-10-3-5-13-8/h3,5-7,11H,2,4,9H2,1H3. The third-order valence-electron chi connectivity index (χ3n) is 1.77. The van der Waals surface area contributed by atoms with E-state index in [0.717, 1.165) is 12.2 Å². The van der Waals surface area contributed by atoms with E-state index < -0.39 is 6.10 Å². The first-order valence-electron chi connectivity index (χ1n) is 4.07. The molecule has 0 spiro atoms. The van der Waals surface area contributed by atoms with Crippen LogP contribution in [0.1, 0.15) is 17.5 Å². The third kappa shape index (κ3) is 3.27. The molecule has 2 atom stereocenters. The molecule has 3 nitrogen and oxygen atoms in total. The topological polar surface area (TPSA) is 59.1 Å². The minimum atomic E-state index is -0.604. The zero-order chi connectivity index (χ0) is 9.68. The third-order valence-corrected chi connectivity index (χ3v) is 3.26. The maximum atomic E-state index is 9.72. The van der Waals surface area contributed by atoms with Gasteiger partial charge in [0.25, 0.3) is 0 Å². The Morgan fingerprint density at radius 1 is 1.77 bits per heavy atom. The number of aliphatic hydroxyl groups is 1. The van der Waals surface area contributed by atoms with E-state index in [0.29, 0.717) is 5.01 Å². The maximum Gasteiger partial charge on any atom is 0.123 e. The number of hydrogen-bond acceptors (Lipinski definition) is 5. The predicted molar refractivity (Wildman–Crippen MR) is 58.0 cm³/mol. The van der Waals surface area contributed by atoms with Gasteiger partial charge in [0, 0.05) is 17.6 Å². The van der Waals surface area contributed by atoms with E-state index in [2.05, 4.69) is 4.98 Å². The van der Waals surface area contributed by atoms with E-state index in [9.17, 15) is 5.11 Å². The van der Waals surface area contributed by atoms with Crippen molar-refractivity contribution in [2.75, 3.05) is 12.0 Å². The summed E-state index contributed by atoms with van der Waals surface area (Å²) in [4.78, 5) is 4.03. The zero-order valence-corrected chi connectivity index (χ0v) is 9.14.